The summed E-state index contributed by atoms with van der Waals surface area (Å²) in [6.45, 7) is 4.22. The molecule has 2 heterocycles. The first kappa shape index (κ1) is 11.0. The molecule has 1 saturated heterocycles. The highest BCUT2D eigenvalue weighted by molar-refractivity contribution is 5.34. The van der Waals surface area contributed by atoms with Crippen LogP contribution >= 0.6 is 0 Å². The number of hydrogen-bond acceptors (Lipinski definition) is 4. The number of hydrogen-bond donors (Lipinski definition) is 1. The van der Waals surface area contributed by atoms with E-state index in [2.05, 4.69) is 14.9 Å². The summed E-state index contributed by atoms with van der Waals surface area (Å²) in [5, 5.41) is 9.67. The third-order valence-electron chi connectivity index (χ3n) is 4.40. The zero-order chi connectivity index (χ0) is 11.9. The van der Waals surface area contributed by atoms with Crippen molar-refractivity contribution in [3.8, 4) is 0 Å². The molecule has 0 spiro atoms. The summed E-state index contributed by atoms with van der Waals surface area (Å²) in [7, 11) is 0. The Morgan fingerprint density at radius 3 is 2.88 bits per heavy atom. The van der Waals surface area contributed by atoms with Gasteiger partial charge < -0.3 is 10.0 Å². The minimum absolute atomic E-state index is 0.119. The minimum Gasteiger partial charge on any atom is -0.396 e. The Morgan fingerprint density at radius 1 is 1.47 bits per heavy atom. The molecule has 1 saturated carbocycles. The fourth-order valence-corrected chi connectivity index (χ4v) is 3.37. The highest BCUT2D eigenvalue weighted by Crippen LogP contribution is 2.48. The Hall–Kier alpha value is -1.16. The third kappa shape index (κ3) is 1.71. The molecule has 4 nitrogen and oxygen atoms in total. The van der Waals surface area contributed by atoms with Crippen LogP contribution in [0, 0.1) is 18.3 Å². The van der Waals surface area contributed by atoms with Crippen LogP contribution in [0.25, 0.3) is 0 Å². The van der Waals surface area contributed by atoms with Crippen molar-refractivity contribution in [1.82, 2.24) is 9.97 Å². The Morgan fingerprint density at radius 2 is 2.24 bits per heavy atom. The molecule has 3 rings (SSSR count). The van der Waals surface area contributed by atoms with Crippen LogP contribution in [0.4, 0.5) is 5.95 Å². The molecule has 2 fully saturated rings. The van der Waals surface area contributed by atoms with Gasteiger partial charge in [0, 0.05) is 30.9 Å². The first-order valence-corrected chi connectivity index (χ1v) is 6.38. The maximum atomic E-state index is 9.67. The Bertz CT molecular complexity index is 406. The Labute approximate surface area is 102 Å². The second-order valence-corrected chi connectivity index (χ2v) is 5.55. The van der Waals surface area contributed by atoms with E-state index in [1.54, 1.807) is 0 Å². The van der Waals surface area contributed by atoms with E-state index in [0.717, 1.165) is 31.0 Å². The van der Waals surface area contributed by atoms with Crippen LogP contribution in [0.1, 0.15) is 24.8 Å². The summed E-state index contributed by atoms with van der Waals surface area (Å²) >= 11 is 0. The number of aryl methyl sites for hydroxylation is 1. The first-order chi connectivity index (χ1) is 8.23. The van der Waals surface area contributed by atoms with Crippen LogP contribution in [0.3, 0.4) is 0 Å². The predicted octanol–water partition coefficient (Wildman–Crippen LogP) is 1.38. The van der Waals surface area contributed by atoms with Gasteiger partial charge in [-0.15, -0.1) is 0 Å². The summed E-state index contributed by atoms with van der Waals surface area (Å²) < 4.78 is 0. The van der Waals surface area contributed by atoms with Crippen molar-refractivity contribution >= 4 is 5.95 Å². The van der Waals surface area contributed by atoms with Crippen molar-refractivity contribution in [3.05, 3.63) is 18.0 Å². The van der Waals surface area contributed by atoms with Crippen molar-refractivity contribution in [2.24, 2.45) is 11.3 Å². The van der Waals surface area contributed by atoms with Gasteiger partial charge in [0.1, 0.15) is 0 Å². The standard InChI is InChI=1S/C13H19N3O/c1-10-5-14-12(15-6-10)16-7-11-3-2-4-13(11,8-16)9-17/h5-6,11,17H,2-4,7-9H2,1H3. The Balaban J connectivity index is 1.82. The average Bonchev–Trinajstić information content (AvgIpc) is 2.86. The number of aliphatic hydroxyl groups excluding tert-OH is 1. The summed E-state index contributed by atoms with van der Waals surface area (Å²) in [5.74, 6) is 1.44. The largest absolute Gasteiger partial charge is 0.396 e. The molecular formula is C13H19N3O. The SMILES string of the molecule is Cc1cnc(N2CC3CCCC3(CO)C2)nc1. The van der Waals surface area contributed by atoms with Gasteiger partial charge in [0.05, 0.1) is 6.61 Å². The van der Waals surface area contributed by atoms with E-state index in [4.69, 9.17) is 0 Å². The van der Waals surface area contributed by atoms with E-state index < -0.39 is 0 Å². The second-order valence-electron chi connectivity index (χ2n) is 5.55. The molecular weight excluding hydrogens is 214 g/mol. The lowest BCUT2D eigenvalue weighted by atomic mass is 9.82. The maximum Gasteiger partial charge on any atom is 0.225 e. The van der Waals surface area contributed by atoms with Crippen LogP contribution < -0.4 is 4.90 Å². The van der Waals surface area contributed by atoms with Gasteiger partial charge in [0.25, 0.3) is 0 Å². The molecule has 0 aromatic carbocycles. The molecule has 0 bridgehead atoms. The van der Waals surface area contributed by atoms with Gasteiger partial charge >= 0.3 is 0 Å². The number of nitrogens with zero attached hydrogens (tertiary/aromatic N) is 3. The smallest absolute Gasteiger partial charge is 0.225 e. The van der Waals surface area contributed by atoms with Crippen molar-refractivity contribution < 1.29 is 5.11 Å². The number of aliphatic hydroxyl groups is 1. The molecule has 4 heteroatoms. The molecule has 92 valence electrons. The van der Waals surface area contributed by atoms with Crippen molar-refractivity contribution in [2.75, 3.05) is 24.6 Å². The van der Waals surface area contributed by atoms with Crippen LogP contribution in [0.2, 0.25) is 0 Å². The van der Waals surface area contributed by atoms with Gasteiger partial charge in [-0.2, -0.15) is 0 Å². The summed E-state index contributed by atoms with van der Waals surface area (Å²) in [6, 6.07) is 0. The number of anilines is 1. The molecule has 1 aliphatic carbocycles. The number of rotatable bonds is 2. The van der Waals surface area contributed by atoms with Gasteiger partial charge in [-0.1, -0.05) is 6.42 Å². The fourth-order valence-electron chi connectivity index (χ4n) is 3.37. The lowest BCUT2D eigenvalue weighted by Crippen LogP contribution is -2.31. The van der Waals surface area contributed by atoms with Crippen LogP contribution in [0.5, 0.6) is 0 Å². The molecule has 2 unspecified atom stereocenters. The lowest BCUT2D eigenvalue weighted by molar-refractivity contribution is 0.121. The van der Waals surface area contributed by atoms with Crippen molar-refractivity contribution in [2.45, 2.75) is 26.2 Å². The van der Waals surface area contributed by atoms with Gasteiger partial charge in [-0.3, -0.25) is 0 Å². The zero-order valence-electron chi connectivity index (χ0n) is 10.3. The van der Waals surface area contributed by atoms with Gasteiger partial charge in [0.15, 0.2) is 0 Å². The predicted molar refractivity (Wildman–Crippen MR) is 65.8 cm³/mol. The molecule has 1 aliphatic heterocycles. The summed E-state index contributed by atoms with van der Waals surface area (Å²) in [6.07, 6.45) is 7.37. The van der Waals surface area contributed by atoms with E-state index >= 15 is 0 Å². The lowest BCUT2D eigenvalue weighted by Gasteiger charge is -2.25. The normalized spacial score (nSPS) is 31.9. The second kappa shape index (κ2) is 3.95. The van der Waals surface area contributed by atoms with E-state index in [9.17, 15) is 5.11 Å². The molecule has 0 radical (unpaired) electrons. The van der Waals surface area contributed by atoms with Gasteiger partial charge in [-0.25, -0.2) is 9.97 Å². The van der Waals surface area contributed by atoms with Crippen molar-refractivity contribution in [3.63, 3.8) is 0 Å². The number of fused-ring (bicyclic) bond motifs is 1. The van der Waals surface area contributed by atoms with E-state index in [-0.39, 0.29) is 5.41 Å². The summed E-state index contributed by atoms with van der Waals surface area (Å²) in [5.41, 5.74) is 1.21. The molecule has 0 amide bonds. The fraction of sp³-hybridized carbons (Fsp3) is 0.692. The average molecular weight is 233 g/mol. The zero-order valence-corrected chi connectivity index (χ0v) is 10.3. The Kier molecular flexibility index (Phi) is 2.54. The van der Waals surface area contributed by atoms with Crippen LogP contribution in [-0.4, -0.2) is 34.8 Å². The van der Waals surface area contributed by atoms with Gasteiger partial charge in [0.2, 0.25) is 5.95 Å². The first-order valence-electron chi connectivity index (χ1n) is 6.38. The van der Waals surface area contributed by atoms with E-state index in [1.807, 2.05) is 19.3 Å². The molecule has 1 N–H and O–H groups in total. The minimum atomic E-state index is 0.119. The molecule has 17 heavy (non-hydrogen) atoms. The van der Waals surface area contributed by atoms with E-state index in [0.29, 0.717) is 12.5 Å². The molecule has 1 aromatic rings. The van der Waals surface area contributed by atoms with Crippen LogP contribution in [-0.2, 0) is 0 Å². The quantitative estimate of drug-likeness (QED) is 0.838. The summed E-state index contributed by atoms with van der Waals surface area (Å²) in [4.78, 5) is 11.0. The van der Waals surface area contributed by atoms with E-state index in [1.165, 1.54) is 12.8 Å². The van der Waals surface area contributed by atoms with Crippen molar-refractivity contribution in [1.29, 1.82) is 0 Å². The van der Waals surface area contributed by atoms with Crippen LogP contribution in [0.15, 0.2) is 12.4 Å². The topological polar surface area (TPSA) is 49.2 Å². The number of aromatic nitrogens is 2. The van der Waals surface area contributed by atoms with Gasteiger partial charge in [-0.05, 0) is 31.2 Å². The molecule has 1 aromatic heterocycles. The highest BCUT2D eigenvalue weighted by Gasteiger charge is 2.49. The monoisotopic (exact) mass is 233 g/mol. The highest BCUT2D eigenvalue weighted by atomic mass is 16.3. The maximum absolute atomic E-state index is 9.67. The molecule has 2 aliphatic rings. The third-order valence-corrected chi connectivity index (χ3v) is 4.40. The molecule has 2 atom stereocenters.